The molecule has 4 heteroatoms. The fraction of sp³-hybridized carbons (Fsp3) is 0.125. The van der Waals surface area contributed by atoms with Crippen molar-refractivity contribution in [2.24, 2.45) is 0 Å². The molecule has 102 valence electrons. The highest BCUT2D eigenvalue weighted by Gasteiger charge is 2.16. The Hall–Kier alpha value is -1.84. The molecule has 0 amide bonds. The number of fused-ring (bicyclic) bond motifs is 1. The van der Waals surface area contributed by atoms with Gasteiger partial charge in [0.15, 0.2) is 0 Å². The van der Waals surface area contributed by atoms with Crippen molar-refractivity contribution in [2.75, 3.05) is 0 Å². The maximum absolute atomic E-state index is 13.3. The van der Waals surface area contributed by atoms with E-state index in [-0.39, 0.29) is 5.82 Å². The van der Waals surface area contributed by atoms with Gasteiger partial charge in [0.25, 0.3) is 0 Å². The van der Waals surface area contributed by atoms with Crippen molar-refractivity contribution in [3.63, 3.8) is 0 Å². The van der Waals surface area contributed by atoms with Gasteiger partial charge < -0.3 is 9.52 Å². The van der Waals surface area contributed by atoms with E-state index in [9.17, 15) is 9.50 Å². The number of furan rings is 1. The quantitative estimate of drug-likeness (QED) is 0.747. The molecule has 0 fully saturated rings. The molecule has 1 atom stereocenters. The molecule has 2 nitrogen and oxygen atoms in total. The van der Waals surface area contributed by atoms with E-state index >= 15 is 0 Å². The maximum Gasteiger partial charge on any atom is 0.138 e. The number of hydrogen-bond donors (Lipinski definition) is 1. The van der Waals surface area contributed by atoms with Crippen LogP contribution in [0.4, 0.5) is 4.39 Å². The third-order valence-electron chi connectivity index (χ3n) is 3.26. The van der Waals surface area contributed by atoms with E-state index in [1.807, 2.05) is 0 Å². The molecule has 0 aliphatic carbocycles. The highest BCUT2D eigenvalue weighted by atomic mass is 35.5. The summed E-state index contributed by atoms with van der Waals surface area (Å²) in [6.07, 6.45) is -0.930. The predicted octanol–water partition coefficient (Wildman–Crippen LogP) is 4.62. The summed E-state index contributed by atoms with van der Waals surface area (Å²) in [5, 5.41) is 11.8. The van der Waals surface area contributed by atoms with E-state index in [1.54, 1.807) is 43.3 Å². The molecule has 0 aliphatic heterocycles. The zero-order chi connectivity index (χ0) is 14.3. The first-order chi connectivity index (χ1) is 9.54. The highest BCUT2D eigenvalue weighted by Crippen LogP contribution is 2.30. The lowest BCUT2D eigenvalue weighted by Crippen LogP contribution is -1.99. The second kappa shape index (κ2) is 4.93. The van der Waals surface area contributed by atoms with Gasteiger partial charge in [-0.15, -0.1) is 0 Å². The number of hydrogen-bond acceptors (Lipinski definition) is 2. The molecular formula is C16H12ClFO2. The molecule has 20 heavy (non-hydrogen) atoms. The average Bonchev–Trinajstić information content (AvgIpc) is 2.84. The van der Waals surface area contributed by atoms with Gasteiger partial charge in [-0.3, -0.25) is 0 Å². The minimum atomic E-state index is -0.930. The zero-order valence-electron chi connectivity index (χ0n) is 10.7. The van der Waals surface area contributed by atoms with Crippen LogP contribution in [0.2, 0.25) is 5.02 Å². The minimum absolute atomic E-state index is 0.294. The number of aliphatic hydroxyl groups is 1. The Balaban J connectivity index is 2.02. The van der Waals surface area contributed by atoms with Crippen LogP contribution < -0.4 is 0 Å². The van der Waals surface area contributed by atoms with Crippen LogP contribution in [0, 0.1) is 12.7 Å². The normalized spacial score (nSPS) is 12.8. The molecular weight excluding hydrogens is 279 g/mol. The summed E-state index contributed by atoms with van der Waals surface area (Å²) in [7, 11) is 0. The smallest absolute Gasteiger partial charge is 0.138 e. The lowest BCUT2D eigenvalue weighted by molar-refractivity contribution is 0.192. The van der Waals surface area contributed by atoms with Gasteiger partial charge in [-0.25, -0.2) is 4.39 Å². The topological polar surface area (TPSA) is 33.4 Å². The molecule has 0 saturated heterocycles. The summed E-state index contributed by atoms with van der Waals surface area (Å²) in [6, 6.07) is 11.5. The fourth-order valence-electron chi connectivity index (χ4n) is 2.17. The van der Waals surface area contributed by atoms with Crippen molar-refractivity contribution in [3.05, 3.63) is 70.2 Å². The summed E-state index contributed by atoms with van der Waals surface area (Å²) >= 11 is 5.92. The number of halogens is 2. The Bertz CT molecular complexity index is 779. The standard InChI is InChI=1S/C16H12ClFO2/c1-9-6-10(2-4-13(9)18)16(19)15-8-11-7-12(17)3-5-14(11)20-15/h2-8,16,19H,1H3. The van der Waals surface area contributed by atoms with Gasteiger partial charge >= 0.3 is 0 Å². The van der Waals surface area contributed by atoms with E-state index in [1.165, 1.54) is 6.07 Å². The summed E-state index contributed by atoms with van der Waals surface area (Å²) in [5.74, 6) is 0.116. The van der Waals surface area contributed by atoms with Gasteiger partial charge in [-0.2, -0.15) is 0 Å². The van der Waals surface area contributed by atoms with E-state index in [0.29, 0.717) is 27.5 Å². The van der Waals surface area contributed by atoms with Crippen molar-refractivity contribution in [2.45, 2.75) is 13.0 Å². The van der Waals surface area contributed by atoms with Crippen LogP contribution in [0.15, 0.2) is 46.9 Å². The molecule has 1 heterocycles. The van der Waals surface area contributed by atoms with Crippen molar-refractivity contribution >= 4 is 22.6 Å². The van der Waals surface area contributed by atoms with Gasteiger partial charge in [-0.05, 0) is 48.4 Å². The Kier molecular flexibility index (Phi) is 3.24. The predicted molar refractivity (Wildman–Crippen MR) is 76.4 cm³/mol. The number of rotatable bonds is 2. The second-order valence-electron chi connectivity index (χ2n) is 4.74. The van der Waals surface area contributed by atoms with Gasteiger partial charge in [0.1, 0.15) is 23.3 Å². The number of aryl methyl sites for hydroxylation is 1. The summed E-state index contributed by atoms with van der Waals surface area (Å²) in [6.45, 7) is 1.66. The van der Waals surface area contributed by atoms with Crippen molar-refractivity contribution in [3.8, 4) is 0 Å². The first-order valence-electron chi connectivity index (χ1n) is 6.18. The summed E-state index contributed by atoms with van der Waals surface area (Å²) in [4.78, 5) is 0. The van der Waals surface area contributed by atoms with Crippen LogP contribution in [0.5, 0.6) is 0 Å². The molecule has 0 radical (unpaired) electrons. The lowest BCUT2D eigenvalue weighted by atomic mass is 10.0. The largest absolute Gasteiger partial charge is 0.458 e. The zero-order valence-corrected chi connectivity index (χ0v) is 11.5. The summed E-state index contributed by atoms with van der Waals surface area (Å²) < 4.78 is 18.9. The van der Waals surface area contributed by atoms with Crippen molar-refractivity contribution in [1.29, 1.82) is 0 Å². The van der Waals surface area contributed by atoms with Crippen LogP contribution >= 0.6 is 11.6 Å². The van der Waals surface area contributed by atoms with Crippen molar-refractivity contribution in [1.82, 2.24) is 0 Å². The molecule has 0 saturated carbocycles. The Labute approximate surface area is 120 Å². The maximum atomic E-state index is 13.3. The monoisotopic (exact) mass is 290 g/mol. The fourth-order valence-corrected chi connectivity index (χ4v) is 2.35. The van der Waals surface area contributed by atoms with Gasteiger partial charge in [-0.1, -0.05) is 23.7 Å². The second-order valence-corrected chi connectivity index (χ2v) is 5.18. The molecule has 1 aromatic heterocycles. The van der Waals surface area contributed by atoms with E-state index in [4.69, 9.17) is 16.0 Å². The van der Waals surface area contributed by atoms with E-state index in [2.05, 4.69) is 0 Å². The Morgan fingerprint density at radius 1 is 1.15 bits per heavy atom. The van der Waals surface area contributed by atoms with E-state index in [0.717, 1.165) is 5.39 Å². The average molecular weight is 291 g/mol. The molecule has 2 aromatic carbocycles. The molecule has 0 aliphatic rings. The summed E-state index contributed by atoms with van der Waals surface area (Å²) in [5.41, 5.74) is 1.73. The van der Waals surface area contributed by atoms with Crippen LogP contribution in [-0.4, -0.2) is 5.11 Å². The van der Waals surface area contributed by atoms with Crippen molar-refractivity contribution < 1.29 is 13.9 Å². The molecule has 3 rings (SSSR count). The SMILES string of the molecule is Cc1cc(C(O)c2cc3cc(Cl)ccc3o2)ccc1F. The van der Waals surface area contributed by atoms with Crippen LogP contribution in [0.1, 0.15) is 23.0 Å². The minimum Gasteiger partial charge on any atom is -0.458 e. The first-order valence-corrected chi connectivity index (χ1v) is 6.55. The van der Waals surface area contributed by atoms with Crippen LogP contribution in [0.25, 0.3) is 11.0 Å². The Morgan fingerprint density at radius 3 is 2.70 bits per heavy atom. The van der Waals surface area contributed by atoms with Gasteiger partial charge in [0.2, 0.25) is 0 Å². The number of aliphatic hydroxyl groups excluding tert-OH is 1. The Morgan fingerprint density at radius 2 is 1.95 bits per heavy atom. The lowest BCUT2D eigenvalue weighted by Gasteiger charge is -2.09. The van der Waals surface area contributed by atoms with Crippen LogP contribution in [-0.2, 0) is 0 Å². The third-order valence-corrected chi connectivity index (χ3v) is 3.50. The van der Waals surface area contributed by atoms with E-state index < -0.39 is 6.10 Å². The molecule has 3 aromatic rings. The first kappa shape index (κ1) is 13.2. The number of benzene rings is 2. The third kappa shape index (κ3) is 2.30. The molecule has 1 N–H and O–H groups in total. The van der Waals surface area contributed by atoms with Crippen LogP contribution in [0.3, 0.4) is 0 Å². The van der Waals surface area contributed by atoms with Gasteiger partial charge in [0, 0.05) is 10.4 Å². The molecule has 0 bridgehead atoms. The highest BCUT2D eigenvalue weighted by molar-refractivity contribution is 6.31. The molecule has 1 unspecified atom stereocenters. The van der Waals surface area contributed by atoms with Gasteiger partial charge in [0.05, 0.1) is 0 Å². The molecule has 0 spiro atoms.